The van der Waals surface area contributed by atoms with Gasteiger partial charge in [0.1, 0.15) is 4.88 Å². The molecule has 0 aromatic carbocycles. The SMILES string of the molecule is CCN(C(=O)c1sc(N)nc1C)C1CCCCC1. The topological polar surface area (TPSA) is 59.2 Å². The molecule has 1 aromatic rings. The quantitative estimate of drug-likeness (QED) is 0.916. The Morgan fingerprint density at radius 1 is 1.44 bits per heavy atom. The van der Waals surface area contributed by atoms with Crippen molar-refractivity contribution in [2.45, 2.75) is 52.0 Å². The summed E-state index contributed by atoms with van der Waals surface area (Å²) in [5.74, 6) is 0.108. The molecule has 0 atom stereocenters. The average molecular weight is 267 g/mol. The molecule has 1 saturated carbocycles. The summed E-state index contributed by atoms with van der Waals surface area (Å²) in [6.07, 6.45) is 6.03. The van der Waals surface area contributed by atoms with E-state index in [2.05, 4.69) is 4.98 Å². The molecule has 5 heteroatoms. The highest BCUT2D eigenvalue weighted by Gasteiger charge is 2.27. The van der Waals surface area contributed by atoms with E-state index in [-0.39, 0.29) is 5.91 Å². The number of carbonyl (C=O) groups is 1. The number of amides is 1. The third-order valence-corrected chi connectivity index (χ3v) is 4.60. The summed E-state index contributed by atoms with van der Waals surface area (Å²) in [5, 5.41) is 0.482. The molecule has 100 valence electrons. The number of nitrogens with zero attached hydrogens (tertiary/aromatic N) is 2. The fourth-order valence-electron chi connectivity index (χ4n) is 2.71. The van der Waals surface area contributed by atoms with E-state index in [0.29, 0.717) is 16.1 Å². The summed E-state index contributed by atoms with van der Waals surface area (Å²) in [6, 6.07) is 0.402. The van der Waals surface area contributed by atoms with Gasteiger partial charge in [-0.15, -0.1) is 0 Å². The van der Waals surface area contributed by atoms with Crippen LogP contribution in [0.4, 0.5) is 5.13 Å². The molecule has 0 spiro atoms. The minimum Gasteiger partial charge on any atom is -0.375 e. The number of aromatic nitrogens is 1. The Kier molecular flexibility index (Phi) is 4.22. The molecule has 1 amide bonds. The number of hydrogen-bond donors (Lipinski definition) is 1. The third-order valence-electron chi connectivity index (χ3n) is 3.62. The van der Waals surface area contributed by atoms with Gasteiger partial charge in [-0.3, -0.25) is 4.79 Å². The number of rotatable bonds is 3. The van der Waals surface area contributed by atoms with Crippen molar-refractivity contribution in [2.24, 2.45) is 0 Å². The fraction of sp³-hybridized carbons (Fsp3) is 0.692. The first kappa shape index (κ1) is 13.3. The molecule has 1 aliphatic carbocycles. The van der Waals surface area contributed by atoms with Crippen LogP contribution in [0.3, 0.4) is 0 Å². The van der Waals surface area contributed by atoms with E-state index >= 15 is 0 Å². The van der Waals surface area contributed by atoms with Crippen molar-refractivity contribution in [2.75, 3.05) is 12.3 Å². The molecular formula is C13H21N3OS. The Bertz CT molecular complexity index is 424. The molecule has 1 heterocycles. The maximum atomic E-state index is 12.6. The number of nitrogens with two attached hydrogens (primary N) is 1. The summed E-state index contributed by atoms with van der Waals surface area (Å²) in [7, 11) is 0. The second-order valence-corrected chi connectivity index (χ2v) is 5.88. The number of anilines is 1. The predicted octanol–water partition coefficient (Wildman–Crippen LogP) is 2.83. The Hall–Kier alpha value is -1.10. The van der Waals surface area contributed by atoms with Crippen LogP contribution >= 0.6 is 11.3 Å². The van der Waals surface area contributed by atoms with E-state index < -0.39 is 0 Å². The van der Waals surface area contributed by atoms with E-state index in [1.807, 2.05) is 18.7 Å². The van der Waals surface area contributed by atoms with Crippen molar-refractivity contribution in [3.8, 4) is 0 Å². The van der Waals surface area contributed by atoms with Crippen LogP contribution in [0.15, 0.2) is 0 Å². The minimum atomic E-state index is 0.108. The molecule has 2 rings (SSSR count). The summed E-state index contributed by atoms with van der Waals surface area (Å²) in [5.41, 5.74) is 6.43. The van der Waals surface area contributed by atoms with Gasteiger partial charge >= 0.3 is 0 Å². The van der Waals surface area contributed by atoms with Gasteiger partial charge in [-0.25, -0.2) is 4.98 Å². The van der Waals surface area contributed by atoms with E-state index in [1.54, 1.807) is 0 Å². The lowest BCUT2D eigenvalue weighted by Crippen LogP contribution is -2.41. The molecular weight excluding hydrogens is 246 g/mol. The summed E-state index contributed by atoms with van der Waals surface area (Å²) in [6.45, 7) is 4.67. The normalized spacial score (nSPS) is 16.8. The van der Waals surface area contributed by atoms with E-state index in [4.69, 9.17) is 5.73 Å². The van der Waals surface area contributed by atoms with Crippen LogP contribution in [0.2, 0.25) is 0 Å². The number of thiazole rings is 1. The molecule has 0 unspecified atom stereocenters. The molecule has 0 radical (unpaired) electrons. The Morgan fingerprint density at radius 3 is 2.61 bits per heavy atom. The second kappa shape index (κ2) is 5.69. The van der Waals surface area contributed by atoms with Crippen LogP contribution in [0.5, 0.6) is 0 Å². The van der Waals surface area contributed by atoms with Crippen molar-refractivity contribution in [1.29, 1.82) is 0 Å². The second-order valence-electron chi connectivity index (χ2n) is 4.85. The lowest BCUT2D eigenvalue weighted by atomic mass is 9.94. The monoisotopic (exact) mass is 267 g/mol. The zero-order chi connectivity index (χ0) is 13.1. The first-order chi connectivity index (χ1) is 8.63. The molecule has 1 aromatic heterocycles. The zero-order valence-electron chi connectivity index (χ0n) is 11.1. The van der Waals surface area contributed by atoms with Crippen LogP contribution in [-0.2, 0) is 0 Å². The first-order valence-electron chi connectivity index (χ1n) is 6.67. The molecule has 1 fully saturated rings. The first-order valence-corrected chi connectivity index (χ1v) is 7.49. The van der Waals surface area contributed by atoms with Crippen molar-refractivity contribution >= 4 is 22.4 Å². The lowest BCUT2D eigenvalue weighted by Gasteiger charge is -2.33. The van der Waals surface area contributed by atoms with E-state index in [0.717, 1.165) is 25.1 Å². The van der Waals surface area contributed by atoms with Crippen molar-refractivity contribution in [3.63, 3.8) is 0 Å². The van der Waals surface area contributed by atoms with Crippen LogP contribution < -0.4 is 5.73 Å². The number of nitrogen functional groups attached to an aromatic ring is 1. The van der Waals surface area contributed by atoms with Crippen LogP contribution in [0.25, 0.3) is 0 Å². The number of aryl methyl sites for hydroxylation is 1. The van der Waals surface area contributed by atoms with Crippen LogP contribution in [0.1, 0.15) is 54.4 Å². The van der Waals surface area contributed by atoms with Crippen LogP contribution in [0, 0.1) is 6.92 Å². The predicted molar refractivity (Wildman–Crippen MR) is 74.8 cm³/mol. The van der Waals surface area contributed by atoms with Gasteiger partial charge in [0.05, 0.1) is 5.69 Å². The lowest BCUT2D eigenvalue weighted by molar-refractivity contribution is 0.0652. The highest BCUT2D eigenvalue weighted by molar-refractivity contribution is 7.17. The molecule has 0 bridgehead atoms. The summed E-state index contributed by atoms with van der Waals surface area (Å²) < 4.78 is 0. The minimum absolute atomic E-state index is 0.108. The molecule has 0 aliphatic heterocycles. The van der Waals surface area contributed by atoms with E-state index in [9.17, 15) is 4.79 Å². The van der Waals surface area contributed by atoms with Gasteiger partial charge in [-0.2, -0.15) is 0 Å². The van der Waals surface area contributed by atoms with Crippen molar-refractivity contribution in [1.82, 2.24) is 9.88 Å². The van der Waals surface area contributed by atoms with Gasteiger partial charge in [0, 0.05) is 12.6 Å². The van der Waals surface area contributed by atoms with Crippen molar-refractivity contribution < 1.29 is 4.79 Å². The van der Waals surface area contributed by atoms with E-state index in [1.165, 1.54) is 30.6 Å². The molecule has 0 saturated heterocycles. The molecule has 2 N–H and O–H groups in total. The van der Waals surface area contributed by atoms with Crippen molar-refractivity contribution in [3.05, 3.63) is 10.6 Å². The van der Waals surface area contributed by atoms with Crippen LogP contribution in [-0.4, -0.2) is 28.4 Å². The number of carbonyl (C=O) groups excluding carboxylic acids is 1. The standard InChI is InChI=1S/C13H21N3OS/c1-3-16(10-7-5-4-6-8-10)12(17)11-9(2)15-13(14)18-11/h10H,3-8H2,1-2H3,(H2,14,15). The van der Waals surface area contributed by atoms with Gasteiger partial charge in [0.25, 0.3) is 5.91 Å². The Morgan fingerprint density at radius 2 is 2.11 bits per heavy atom. The Balaban J connectivity index is 2.16. The average Bonchev–Trinajstić information content (AvgIpc) is 2.70. The van der Waals surface area contributed by atoms with Gasteiger partial charge in [0.15, 0.2) is 5.13 Å². The largest absolute Gasteiger partial charge is 0.375 e. The Labute approximate surface area is 112 Å². The fourth-order valence-corrected chi connectivity index (χ4v) is 3.50. The van der Waals surface area contributed by atoms with Gasteiger partial charge in [0.2, 0.25) is 0 Å². The summed E-state index contributed by atoms with van der Waals surface area (Å²) in [4.78, 5) is 19.4. The van der Waals surface area contributed by atoms with Gasteiger partial charge < -0.3 is 10.6 Å². The summed E-state index contributed by atoms with van der Waals surface area (Å²) >= 11 is 1.31. The maximum absolute atomic E-state index is 12.6. The zero-order valence-corrected chi connectivity index (χ0v) is 11.9. The smallest absolute Gasteiger partial charge is 0.266 e. The molecule has 4 nitrogen and oxygen atoms in total. The third kappa shape index (κ3) is 2.66. The van der Waals surface area contributed by atoms with Gasteiger partial charge in [-0.05, 0) is 26.7 Å². The highest BCUT2D eigenvalue weighted by atomic mass is 32.1. The highest BCUT2D eigenvalue weighted by Crippen LogP contribution is 2.27. The maximum Gasteiger partial charge on any atom is 0.266 e. The molecule has 18 heavy (non-hydrogen) atoms. The van der Waals surface area contributed by atoms with Gasteiger partial charge in [-0.1, -0.05) is 30.6 Å². The molecule has 1 aliphatic rings. The number of hydrogen-bond acceptors (Lipinski definition) is 4.